The molecule has 1 aromatic carbocycles. The van der Waals surface area contributed by atoms with Crippen LogP contribution in [0.5, 0.6) is 0 Å². The van der Waals surface area contributed by atoms with Crippen LogP contribution in [-0.4, -0.2) is 67.9 Å². The fourth-order valence-corrected chi connectivity index (χ4v) is 6.67. The molecule has 2 aromatic heterocycles. The molecule has 1 aliphatic carbocycles. The Morgan fingerprint density at radius 2 is 1.82 bits per heavy atom. The number of amides is 1. The van der Waals surface area contributed by atoms with E-state index in [1.165, 1.54) is 32.1 Å². The molecule has 4 heterocycles. The van der Waals surface area contributed by atoms with E-state index in [-0.39, 0.29) is 11.7 Å². The summed E-state index contributed by atoms with van der Waals surface area (Å²) in [5, 5.41) is 20.9. The lowest BCUT2D eigenvalue weighted by Crippen LogP contribution is -2.55. The highest BCUT2D eigenvalue weighted by Gasteiger charge is 2.52. The molecule has 2 N–H and O–H groups in total. The Morgan fingerprint density at radius 1 is 1.14 bits per heavy atom. The Hall–Kier alpha value is -4.18. The van der Waals surface area contributed by atoms with Crippen molar-refractivity contribution in [2.75, 3.05) is 24.7 Å². The molecular formula is C31H36F3N7O3. The molecule has 2 saturated heterocycles. The molecule has 1 spiro atoms. The maximum atomic E-state index is 14.1. The first kappa shape index (κ1) is 31.3. The van der Waals surface area contributed by atoms with Crippen molar-refractivity contribution in [3.63, 3.8) is 0 Å². The second kappa shape index (κ2) is 13.2. The van der Waals surface area contributed by atoms with Crippen LogP contribution in [0.25, 0.3) is 11.0 Å². The van der Waals surface area contributed by atoms with Gasteiger partial charge in [-0.05, 0) is 56.5 Å². The van der Waals surface area contributed by atoms with E-state index < -0.39 is 17.7 Å². The number of aliphatic carboxylic acids is 1. The fourth-order valence-electron chi connectivity index (χ4n) is 6.67. The first-order valence-electron chi connectivity index (χ1n) is 15.0. The number of hydrogen-bond donors (Lipinski definition) is 2. The number of para-hydroxylation sites is 1. The van der Waals surface area contributed by atoms with Gasteiger partial charge in [-0.3, -0.25) is 4.79 Å². The normalized spacial score (nSPS) is 18.7. The van der Waals surface area contributed by atoms with Gasteiger partial charge in [-0.25, -0.2) is 14.8 Å². The van der Waals surface area contributed by atoms with Crippen LogP contribution in [0.15, 0.2) is 42.6 Å². The summed E-state index contributed by atoms with van der Waals surface area (Å²) < 4.78 is 34.0. The van der Waals surface area contributed by atoms with Crippen molar-refractivity contribution in [3.05, 3.63) is 54.1 Å². The predicted octanol–water partition coefficient (Wildman–Crippen LogP) is 4.84. The highest BCUT2D eigenvalue weighted by molar-refractivity contribution is 5.93. The molecule has 1 saturated carbocycles. The van der Waals surface area contributed by atoms with Gasteiger partial charge in [0.2, 0.25) is 11.7 Å². The third-order valence-electron chi connectivity index (χ3n) is 8.91. The van der Waals surface area contributed by atoms with Crippen molar-refractivity contribution < 1.29 is 27.9 Å². The number of carbonyl (C=O) groups excluding carboxylic acids is 1. The van der Waals surface area contributed by atoms with E-state index in [9.17, 15) is 23.2 Å². The van der Waals surface area contributed by atoms with Crippen LogP contribution < -0.4 is 10.2 Å². The van der Waals surface area contributed by atoms with Gasteiger partial charge < -0.3 is 24.8 Å². The number of piperidine rings is 1. The Labute approximate surface area is 253 Å². The van der Waals surface area contributed by atoms with E-state index in [0.717, 1.165) is 67.2 Å². The molecule has 3 aromatic rings. The topological polar surface area (TPSA) is 127 Å². The zero-order chi connectivity index (χ0) is 31.3. The van der Waals surface area contributed by atoms with Gasteiger partial charge in [0, 0.05) is 29.5 Å². The highest BCUT2D eigenvalue weighted by atomic mass is 19.4. The molecule has 0 atom stereocenters. The van der Waals surface area contributed by atoms with Crippen molar-refractivity contribution in [1.82, 2.24) is 24.8 Å². The molecule has 13 heteroatoms. The zero-order valence-corrected chi connectivity index (χ0v) is 24.4. The Bertz CT molecular complexity index is 1510. The number of carboxylic acids is 1. The van der Waals surface area contributed by atoms with Crippen molar-refractivity contribution in [2.45, 2.75) is 76.2 Å². The summed E-state index contributed by atoms with van der Waals surface area (Å²) in [6, 6.07) is 14.5. The molecule has 10 nitrogen and oxygen atoms in total. The molecule has 0 unspecified atom stereocenters. The SMILES string of the molecule is N#Cc1ncc2cc(CN3CN(c4ccccc4)C4(CCNCC4)C3=O)n(CCC3CCCCC3)c2n1.O=C(O)C(F)(F)F. The van der Waals surface area contributed by atoms with Gasteiger partial charge >= 0.3 is 12.1 Å². The average Bonchev–Trinajstić information content (AvgIpc) is 3.50. The molecule has 6 rings (SSSR count). The minimum Gasteiger partial charge on any atom is -0.475 e. The van der Waals surface area contributed by atoms with Crippen LogP contribution in [0.1, 0.15) is 62.9 Å². The van der Waals surface area contributed by atoms with Crippen LogP contribution >= 0.6 is 0 Å². The van der Waals surface area contributed by atoms with E-state index >= 15 is 0 Å². The van der Waals surface area contributed by atoms with E-state index in [4.69, 9.17) is 9.90 Å². The summed E-state index contributed by atoms with van der Waals surface area (Å²) >= 11 is 0. The van der Waals surface area contributed by atoms with Crippen LogP contribution in [0.4, 0.5) is 18.9 Å². The lowest BCUT2D eigenvalue weighted by Gasteiger charge is -2.40. The number of aryl methyl sites for hydroxylation is 1. The Morgan fingerprint density at radius 3 is 2.45 bits per heavy atom. The third-order valence-corrected chi connectivity index (χ3v) is 8.91. The average molecular weight is 612 g/mol. The van der Waals surface area contributed by atoms with E-state index in [1.54, 1.807) is 6.20 Å². The predicted molar refractivity (Wildman–Crippen MR) is 156 cm³/mol. The molecule has 44 heavy (non-hydrogen) atoms. The Kier molecular flexibility index (Phi) is 9.39. The summed E-state index contributed by atoms with van der Waals surface area (Å²) in [6.07, 6.45) is 5.94. The number of aromatic nitrogens is 3. The van der Waals surface area contributed by atoms with E-state index in [1.807, 2.05) is 23.1 Å². The zero-order valence-electron chi connectivity index (χ0n) is 24.4. The van der Waals surface area contributed by atoms with Crippen LogP contribution in [0.3, 0.4) is 0 Å². The Balaban J connectivity index is 0.000000493. The number of benzene rings is 1. The highest BCUT2D eigenvalue weighted by Crippen LogP contribution is 2.39. The van der Waals surface area contributed by atoms with Crippen molar-refractivity contribution in [1.29, 1.82) is 5.26 Å². The molecule has 1 amide bonds. The number of nitrogens with zero attached hydrogens (tertiary/aromatic N) is 6. The van der Waals surface area contributed by atoms with Gasteiger partial charge in [-0.1, -0.05) is 50.3 Å². The molecule has 234 valence electrons. The number of hydrogen-bond acceptors (Lipinski definition) is 7. The molecule has 3 fully saturated rings. The molecule has 0 bridgehead atoms. The van der Waals surface area contributed by atoms with Gasteiger partial charge in [0.1, 0.15) is 17.3 Å². The summed E-state index contributed by atoms with van der Waals surface area (Å²) in [5.74, 6) is -1.62. The molecular weight excluding hydrogens is 575 g/mol. The van der Waals surface area contributed by atoms with Gasteiger partial charge in [-0.2, -0.15) is 18.4 Å². The quantitative estimate of drug-likeness (QED) is 0.406. The van der Waals surface area contributed by atoms with E-state index in [2.05, 4.69) is 49.0 Å². The number of anilines is 1. The van der Waals surface area contributed by atoms with E-state index in [0.29, 0.717) is 13.2 Å². The van der Waals surface area contributed by atoms with Gasteiger partial charge in [0.25, 0.3) is 0 Å². The second-order valence-electron chi connectivity index (χ2n) is 11.7. The minimum atomic E-state index is -5.08. The van der Waals surface area contributed by atoms with Crippen LogP contribution in [0.2, 0.25) is 0 Å². The third kappa shape index (κ3) is 6.65. The number of carbonyl (C=O) groups is 2. The number of rotatable bonds is 6. The number of nitriles is 1. The number of halogens is 3. The number of carboxylic acid groups (broad SMARTS) is 1. The number of nitrogens with one attached hydrogen (secondary N) is 1. The largest absolute Gasteiger partial charge is 0.490 e. The maximum absolute atomic E-state index is 14.1. The lowest BCUT2D eigenvalue weighted by molar-refractivity contribution is -0.192. The summed E-state index contributed by atoms with van der Waals surface area (Å²) in [5.41, 5.74) is 2.48. The number of fused-ring (bicyclic) bond motifs is 1. The van der Waals surface area contributed by atoms with Crippen LogP contribution in [0, 0.1) is 17.2 Å². The second-order valence-corrected chi connectivity index (χ2v) is 11.7. The smallest absolute Gasteiger partial charge is 0.475 e. The summed E-state index contributed by atoms with van der Waals surface area (Å²) in [7, 11) is 0. The number of alkyl halides is 3. The summed E-state index contributed by atoms with van der Waals surface area (Å²) in [6.45, 7) is 3.64. The lowest BCUT2D eigenvalue weighted by atomic mass is 9.86. The maximum Gasteiger partial charge on any atom is 0.490 e. The minimum absolute atomic E-state index is 0.192. The standard InChI is InChI=1S/C29H35N7O.C2HF3O2/c30-18-26-32-19-23-17-25(35(27(23)33-26)16-11-22-7-3-1-4-8-22)20-34-21-36(24-9-5-2-6-10-24)29(28(34)37)12-14-31-15-13-29;3-2(4,5)1(6)7/h2,5-6,9-10,17,19,22,31H,1,3-4,7-8,11-16,20-21H2;(H,6,7). The van der Waals surface area contributed by atoms with Gasteiger partial charge in [0.15, 0.2) is 0 Å². The molecule has 2 aliphatic heterocycles. The van der Waals surface area contributed by atoms with Crippen molar-refractivity contribution in [3.8, 4) is 6.07 Å². The monoisotopic (exact) mass is 611 g/mol. The first-order chi connectivity index (χ1) is 21.1. The van der Waals surface area contributed by atoms with Crippen molar-refractivity contribution >= 4 is 28.6 Å². The van der Waals surface area contributed by atoms with Gasteiger partial charge in [0.05, 0.1) is 13.2 Å². The molecule has 0 radical (unpaired) electrons. The fraction of sp³-hybridized carbons (Fsp3) is 0.516. The summed E-state index contributed by atoms with van der Waals surface area (Å²) in [4.78, 5) is 36.1. The van der Waals surface area contributed by atoms with Crippen LogP contribution in [-0.2, 0) is 22.7 Å². The first-order valence-corrected chi connectivity index (χ1v) is 15.0. The van der Waals surface area contributed by atoms with Gasteiger partial charge in [-0.15, -0.1) is 0 Å². The molecule has 3 aliphatic rings. The van der Waals surface area contributed by atoms with Crippen molar-refractivity contribution in [2.24, 2.45) is 5.92 Å².